The second kappa shape index (κ2) is 7.72. The molecule has 2 heterocycles. The molecule has 1 atom stereocenters. The van der Waals surface area contributed by atoms with E-state index >= 15 is 0 Å². The number of nitrogens with zero attached hydrogens (tertiary/aromatic N) is 4. The molecule has 6 heteroatoms. The van der Waals surface area contributed by atoms with E-state index in [9.17, 15) is 0 Å². The van der Waals surface area contributed by atoms with Crippen LogP contribution in [0, 0.1) is 0 Å². The van der Waals surface area contributed by atoms with E-state index in [4.69, 9.17) is 0 Å². The summed E-state index contributed by atoms with van der Waals surface area (Å²) >= 11 is 0. The Balaban J connectivity index is 0.00000176. The molecule has 1 fully saturated rings. The van der Waals surface area contributed by atoms with Crippen LogP contribution in [0.5, 0.6) is 0 Å². The summed E-state index contributed by atoms with van der Waals surface area (Å²) in [7, 11) is 1.91. The van der Waals surface area contributed by atoms with Gasteiger partial charge in [-0.25, -0.2) is 0 Å². The SMILES string of the molecule is CCc1ccc(C2CNCCN2Cc2cn(C)nn2)cc1.Cl. The topological polar surface area (TPSA) is 46.0 Å². The van der Waals surface area contributed by atoms with Crippen molar-refractivity contribution in [3.8, 4) is 0 Å². The standard InChI is InChI=1S/C16H23N5.ClH/c1-3-13-4-6-14(7-5-13)16-10-17-8-9-21(16)12-15-11-20(2)19-18-15;/h4-7,11,16-17H,3,8-10,12H2,1-2H3;1H. The Morgan fingerprint density at radius 1 is 1.27 bits per heavy atom. The highest BCUT2D eigenvalue weighted by atomic mass is 35.5. The summed E-state index contributed by atoms with van der Waals surface area (Å²) < 4.78 is 1.77. The van der Waals surface area contributed by atoms with Gasteiger partial charge in [0.25, 0.3) is 0 Å². The van der Waals surface area contributed by atoms with Crippen LogP contribution in [0.25, 0.3) is 0 Å². The molecule has 1 saturated heterocycles. The maximum atomic E-state index is 4.22. The maximum Gasteiger partial charge on any atom is 0.0967 e. The number of rotatable bonds is 4. The highest BCUT2D eigenvalue weighted by molar-refractivity contribution is 5.85. The van der Waals surface area contributed by atoms with Crippen LogP contribution in [-0.2, 0) is 20.0 Å². The van der Waals surface area contributed by atoms with E-state index in [1.807, 2.05) is 13.2 Å². The summed E-state index contributed by atoms with van der Waals surface area (Å²) in [5, 5.41) is 11.7. The molecule has 1 unspecified atom stereocenters. The lowest BCUT2D eigenvalue weighted by molar-refractivity contribution is 0.152. The first-order valence-electron chi connectivity index (χ1n) is 7.65. The Bertz CT molecular complexity index is 580. The van der Waals surface area contributed by atoms with Crippen molar-refractivity contribution in [1.29, 1.82) is 0 Å². The largest absolute Gasteiger partial charge is 0.314 e. The minimum Gasteiger partial charge on any atom is -0.314 e. The van der Waals surface area contributed by atoms with Gasteiger partial charge in [0.15, 0.2) is 0 Å². The lowest BCUT2D eigenvalue weighted by Gasteiger charge is -2.36. The van der Waals surface area contributed by atoms with E-state index in [-0.39, 0.29) is 12.4 Å². The molecule has 1 aromatic heterocycles. The Labute approximate surface area is 138 Å². The first-order chi connectivity index (χ1) is 10.3. The molecule has 0 amide bonds. The molecule has 3 rings (SSSR count). The Hall–Kier alpha value is -1.43. The number of halogens is 1. The van der Waals surface area contributed by atoms with Crippen LogP contribution in [0.1, 0.15) is 29.8 Å². The lowest BCUT2D eigenvalue weighted by Crippen LogP contribution is -2.45. The molecule has 0 aliphatic carbocycles. The van der Waals surface area contributed by atoms with Gasteiger partial charge in [0, 0.05) is 45.5 Å². The Morgan fingerprint density at radius 3 is 2.68 bits per heavy atom. The van der Waals surface area contributed by atoms with Crippen LogP contribution in [-0.4, -0.2) is 39.5 Å². The monoisotopic (exact) mass is 321 g/mol. The molecule has 0 bridgehead atoms. The number of benzene rings is 1. The summed E-state index contributed by atoms with van der Waals surface area (Å²) in [5.74, 6) is 0. The van der Waals surface area contributed by atoms with Crippen LogP contribution >= 0.6 is 12.4 Å². The minimum atomic E-state index is 0. The fraction of sp³-hybridized carbons (Fsp3) is 0.500. The van der Waals surface area contributed by atoms with Crippen molar-refractivity contribution in [2.75, 3.05) is 19.6 Å². The van der Waals surface area contributed by atoms with Gasteiger partial charge in [-0.1, -0.05) is 36.4 Å². The zero-order valence-corrected chi connectivity index (χ0v) is 14.0. The lowest BCUT2D eigenvalue weighted by atomic mass is 10.0. The zero-order valence-electron chi connectivity index (χ0n) is 13.2. The quantitative estimate of drug-likeness (QED) is 0.935. The molecule has 1 N–H and O–H groups in total. The van der Waals surface area contributed by atoms with Gasteiger partial charge < -0.3 is 5.32 Å². The predicted octanol–water partition coefficient (Wildman–Crippen LogP) is 1.95. The van der Waals surface area contributed by atoms with Crippen LogP contribution in [0.15, 0.2) is 30.5 Å². The molecule has 1 aliphatic heterocycles. The molecule has 22 heavy (non-hydrogen) atoms. The zero-order chi connectivity index (χ0) is 14.7. The molecule has 1 aliphatic rings. The van der Waals surface area contributed by atoms with Crippen molar-refractivity contribution in [2.45, 2.75) is 25.9 Å². The third-order valence-electron chi connectivity index (χ3n) is 4.14. The molecule has 1 aromatic carbocycles. The highest BCUT2D eigenvalue weighted by Gasteiger charge is 2.24. The van der Waals surface area contributed by atoms with Crippen molar-refractivity contribution in [1.82, 2.24) is 25.2 Å². The highest BCUT2D eigenvalue weighted by Crippen LogP contribution is 2.24. The number of hydrogen-bond donors (Lipinski definition) is 1. The fourth-order valence-electron chi connectivity index (χ4n) is 2.92. The van der Waals surface area contributed by atoms with E-state index in [0.717, 1.165) is 38.3 Å². The number of aryl methyl sites for hydroxylation is 2. The van der Waals surface area contributed by atoms with Crippen LogP contribution in [0.3, 0.4) is 0 Å². The fourth-order valence-corrected chi connectivity index (χ4v) is 2.92. The molecule has 0 saturated carbocycles. The van der Waals surface area contributed by atoms with E-state index in [1.54, 1.807) is 4.68 Å². The summed E-state index contributed by atoms with van der Waals surface area (Å²) in [6.07, 6.45) is 3.09. The van der Waals surface area contributed by atoms with Gasteiger partial charge in [0.05, 0.1) is 5.69 Å². The van der Waals surface area contributed by atoms with Crippen molar-refractivity contribution in [3.63, 3.8) is 0 Å². The van der Waals surface area contributed by atoms with E-state index in [0.29, 0.717) is 6.04 Å². The second-order valence-corrected chi connectivity index (χ2v) is 5.67. The number of piperazine rings is 1. The van der Waals surface area contributed by atoms with E-state index < -0.39 is 0 Å². The molecule has 2 aromatic rings. The predicted molar refractivity (Wildman–Crippen MR) is 90.1 cm³/mol. The van der Waals surface area contributed by atoms with Crippen molar-refractivity contribution in [3.05, 3.63) is 47.3 Å². The van der Waals surface area contributed by atoms with Crippen molar-refractivity contribution < 1.29 is 0 Å². The molecule has 0 radical (unpaired) electrons. The third-order valence-corrected chi connectivity index (χ3v) is 4.14. The van der Waals surface area contributed by atoms with Crippen LogP contribution < -0.4 is 5.32 Å². The normalized spacial score (nSPS) is 18.9. The summed E-state index contributed by atoms with van der Waals surface area (Å²) in [5.41, 5.74) is 3.81. The summed E-state index contributed by atoms with van der Waals surface area (Å²) in [4.78, 5) is 2.49. The van der Waals surface area contributed by atoms with E-state index in [1.165, 1.54) is 11.1 Å². The van der Waals surface area contributed by atoms with Crippen molar-refractivity contribution in [2.24, 2.45) is 7.05 Å². The van der Waals surface area contributed by atoms with Gasteiger partial charge in [-0.05, 0) is 17.5 Å². The average molecular weight is 322 g/mol. The first-order valence-corrected chi connectivity index (χ1v) is 7.65. The van der Waals surface area contributed by atoms with Gasteiger partial charge in [-0.2, -0.15) is 0 Å². The molecular formula is C16H24ClN5. The van der Waals surface area contributed by atoms with Gasteiger partial charge in [0.1, 0.15) is 0 Å². The van der Waals surface area contributed by atoms with Crippen molar-refractivity contribution >= 4 is 12.4 Å². The van der Waals surface area contributed by atoms with Gasteiger partial charge in [-0.15, -0.1) is 17.5 Å². The number of nitrogens with one attached hydrogen (secondary N) is 1. The Kier molecular flexibility index (Phi) is 5.94. The van der Waals surface area contributed by atoms with Crippen LogP contribution in [0.2, 0.25) is 0 Å². The number of hydrogen-bond acceptors (Lipinski definition) is 4. The van der Waals surface area contributed by atoms with Gasteiger partial charge in [-0.3, -0.25) is 9.58 Å². The van der Waals surface area contributed by atoms with Gasteiger partial charge >= 0.3 is 0 Å². The third kappa shape index (κ3) is 3.85. The van der Waals surface area contributed by atoms with Gasteiger partial charge in [0.2, 0.25) is 0 Å². The summed E-state index contributed by atoms with van der Waals surface area (Å²) in [6.45, 7) is 6.11. The number of aromatic nitrogens is 3. The van der Waals surface area contributed by atoms with E-state index in [2.05, 4.69) is 51.7 Å². The first kappa shape index (κ1) is 16.9. The molecular weight excluding hydrogens is 298 g/mol. The molecule has 120 valence electrons. The molecule has 5 nitrogen and oxygen atoms in total. The maximum absolute atomic E-state index is 4.22. The minimum absolute atomic E-state index is 0. The van der Waals surface area contributed by atoms with Crippen LogP contribution in [0.4, 0.5) is 0 Å². The molecule has 0 spiro atoms. The second-order valence-electron chi connectivity index (χ2n) is 5.67. The smallest absolute Gasteiger partial charge is 0.0967 e. The summed E-state index contributed by atoms with van der Waals surface area (Å²) in [6, 6.07) is 9.42. The Morgan fingerprint density at radius 2 is 2.05 bits per heavy atom. The average Bonchev–Trinajstić information content (AvgIpc) is 2.93.